The highest BCUT2D eigenvalue weighted by Gasteiger charge is 2.24. The fourth-order valence-corrected chi connectivity index (χ4v) is 2.69. The lowest BCUT2D eigenvalue weighted by atomic mass is 10.0. The lowest BCUT2D eigenvalue weighted by Gasteiger charge is -2.14. The van der Waals surface area contributed by atoms with E-state index in [1.54, 1.807) is 10.9 Å². The van der Waals surface area contributed by atoms with Crippen molar-refractivity contribution >= 4 is 0 Å². The highest BCUT2D eigenvalue weighted by atomic mass is 19.1. The Labute approximate surface area is 110 Å². The van der Waals surface area contributed by atoms with Gasteiger partial charge in [0, 0.05) is 30.3 Å². The van der Waals surface area contributed by atoms with Crippen LogP contribution < -0.4 is 5.32 Å². The number of halogens is 2. The van der Waals surface area contributed by atoms with E-state index in [0.717, 1.165) is 36.7 Å². The average Bonchev–Trinajstić information content (AvgIpc) is 2.98. The van der Waals surface area contributed by atoms with E-state index in [-0.39, 0.29) is 6.04 Å². The Morgan fingerprint density at radius 2 is 2.16 bits per heavy atom. The van der Waals surface area contributed by atoms with Gasteiger partial charge >= 0.3 is 0 Å². The first-order valence-corrected chi connectivity index (χ1v) is 6.37. The van der Waals surface area contributed by atoms with Crippen LogP contribution in [0.5, 0.6) is 0 Å². The number of hydrogen-bond donors (Lipinski definition) is 1. The summed E-state index contributed by atoms with van der Waals surface area (Å²) in [5.74, 6) is -1.11. The van der Waals surface area contributed by atoms with E-state index < -0.39 is 11.6 Å². The number of nitrogens with zero attached hydrogens (tertiary/aromatic N) is 2. The predicted molar refractivity (Wildman–Crippen MR) is 68.5 cm³/mol. The van der Waals surface area contributed by atoms with Gasteiger partial charge in [0.1, 0.15) is 11.6 Å². The molecule has 0 radical (unpaired) electrons. The van der Waals surface area contributed by atoms with E-state index in [4.69, 9.17) is 0 Å². The first kappa shape index (κ1) is 12.3. The van der Waals surface area contributed by atoms with Crippen molar-refractivity contribution in [3.63, 3.8) is 0 Å². The van der Waals surface area contributed by atoms with E-state index in [1.807, 2.05) is 7.05 Å². The second-order valence-corrected chi connectivity index (χ2v) is 4.84. The maximum absolute atomic E-state index is 13.9. The molecular formula is C14H15F2N3. The van der Waals surface area contributed by atoms with Gasteiger partial charge in [-0.1, -0.05) is 0 Å². The minimum absolute atomic E-state index is 0.187. The molecule has 1 aliphatic rings. The molecule has 19 heavy (non-hydrogen) atoms. The molecule has 1 fully saturated rings. The third-order valence-electron chi connectivity index (χ3n) is 3.60. The third kappa shape index (κ3) is 2.14. The van der Waals surface area contributed by atoms with Crippen molar-refractivity contribution in [2.45, 2.75) is 18.9 Å². The molecule has 1 aromatic carbocycles. The normalized spacial score (nSPS) is 19.0. The van der Waals surface area contributed by atoms with E-state index in [1.165, 1.54) is 12.1 Å². The summed E-state index contributed by atoms with van der Waals surface area (Å²) in [6, 6.07) is 3.85. The predicted octanol–water partition coefficient (Wildman–Crippen LogP) is 2.79. The molecule has 2 heterocycles. The van der Waals surface area contributed by atoms with Crippen LogP contribution in [0.1, 0.15) is 24.6 Å². The van der Waals surface area contributed by atoms with E-state index in [9.17, 15) is 8.78 Å². The van der Waals surface area contributed by atoms with Crippen LogP contribution in [0.15, 0.2) is 24.4 Å². The molecule has 1 saturated heterocycles. The Kier molecular flexibility index (Phi) is 3.06. The number of hydrogen-bond acceptors (Lipinski definition) is 2. The average molecular weight is 263 g/mol. The molecule has 0 amide bonds. The monoisotopic (exact) mass is 263 g/mol. The standard InChI is InChI=1S/C14H15F2N3/c1-19-14(13-3-2-6-17-13)11(8-18-19)10-5-4-9(15)7-12(10)16/h4-5,7-8,13,17H,2-3,6H2,1H3. The van der Waals surface area contributed by atoms with Gasteiger partial charge in [0.2, 0.25) is 0 Å². The van der Waals surface area contributed by atoms with Gasteiger partial charge < -0.3 is 5.32 Å². The molecule has 0 saturated carbocycles. The molecule has 3 rings (SSSR count). The molecule has 3 nitrogen and oxygen atoms in total. The molecule has 1 unspecified atom stereocenters. The molecule has 100 valence electrons. The van der Waals surface area contributed by atoms with E-state index in [0.29, 0.717) is 5.56 Å². The van der Waals surface area contributed by atoms with Crippen molar-refractivity contribution in [3.05, 3.63) is 41.7 Å². The number of aryl methyl sites for hydroxylation is 1. The fourth-order valence-electron chi connectivity index (χ4n) is 2.69. The molecular weight excluding hydrogens is 248 g/mol. The van der Waals surface area contributed by atoms with Crippen molar-refractivity contribution in [2.24, 2.45) is 7.05 Å². The minimum atomic E-state index is -0.564. The summed E-state index contributed by atoms with van der Waals surface area (Å²) >= 11 is 0. The van der Waals surface area contributed by atoms with Gasteiger partial charge in [0.05, 0.1) is 11.9 Å². The summed E-state index contributed by atoms with van der Waals surface area (Å²) in [5.41, 5.74) is 2.10. The number of aromatic nitrogens is 2. The zero-order valence-electron chi connectivity index (χ0n) is 10.7. The summed E-state index contributed by atoms with van der Waals surface area (Å²) < 4.78 is 28.7. The van der Waals surface area contributed by atoms with Gasteiger partial charge in [-0.3, -0.25) is 4.68 Å². The molecule has 0 spiro atoms. The molecule has 1 aromatic heterocycles. The molecule has 0 bridgehead atoms. The lowest BCUT2D eigenvalue weighted by Crippen LogP contribution is -2.17. The Morgan fingerprint density at radius 3 is 2.84 bits per heavy atom. The summed E-state index contributed by atoms with van der Waals surface area (Å²) in [4.78, 5) is 0. The van der Waals surface area contributed by atoms with Crippen LogP contribution in [0, 0.1) is 11.6 Å². The Hall–Kier alpha value is -1.75. The SMILES string of the molecule is Cn1ncc(-c2ccc(F)cc2F)c1C1CCCN1. The molecule has 2 aromatic rings. The maximum atomic E-state index is 13.9. The molecule has 1 atom stereocenters. The Bertz CT molecular complexity index is 601. The quantitative estimate of drug-likeness (QED) is 0.903. The van der Waals surface area contributed by atoms with Crippen LogP contribution in [-0.2, 0) is 7.05 Å². The smallest absolute Gasteiger partial charge is 0.134 e. The van der Waals surface area contributed by atoms with Gasteiger partial charge in [-0.15, -0.1) is 0 Å². The van der Waals surface area contributed by atoms with Crippen molar-refractivity contribution in [1.82, 2.24) is 15.1 Å². The topological polar surface area (TPSA) is 29.9 Å². The third-order valence-corrected chi connectivity index (χ3v) is 3.60. The summed E-state index contributed by atoms with van der Waals surface area (Å²) in [5, 5.41) is 7.60. The van der Waals surface area contributed by atoms with Crippen molar-refractivity contribution in [3.8, 4) is 11.1 Å². The van der Waals surface area contributed by atoms with Crippen LogP contribution in [0.4, 0.5) is 8.78 Å². The fraction of sp³-hybridized carbons (Fsp3) is 0.357. The first-order valence-electron chi connectivity index (χ1n) is 6.37. The van der Waals surface area contributed by atoms with E-state index in [2.05, 4.69) is 10.4 Å². The van der Waals surface area contributed by atoms with Gasteiger partial charge in [-0.25, -0.2) is 8.78 Å². The lowest BCUT2D eigenvalue weighted by molar-refractivity contribution is 0.572. The highest BCUT2D eigenvalue weighted by molar-refractivity contribution is 5.66. The second-order valence-electron chi connectivity index (χ2n) is 4.84. The summed E-state index contributed by atoms with van der Waals surface area (Å²) in [7, 11) is 1.85. The van der Waals surface area contributed by atoms with Crippen molar-refractivity contribution < 1.29 is 8.78 Å². The van der Waals surface area contributed by atoms with Crippen LogP contribution in [0.2, 0.25) is 0 Å². The summed E-state index contributed by atoms with van der Waals surface area (Å²) in [6.45, 7) is 0.960. The zero-order chi connectivity index (χ0) is 13.4. The number of rotatable bonds is 2. The van der Waals surface area contributed by atoms with Crippen molar-refractivity contribution in [1.29, 1.82) is 0 Å². The van der Waals surface area contributed by atoms with Gasteiger partial charge in [0.15, 0.2) is 0 Å². The van der Waals surface area contributed by atoms with E-state index >= 15 is 0 Å². The van der Waals surface area contributed by atoms with Gasteiger partial charge in [-0.05, 0) is 31.5 Å². The van der Waals surface area contributed by atoms with Gasteiger partial charge in [0.25, 0.3) is 0 Å². The molecule has 5 heteroatoms. The molecule has 0 aliphatic carbocycles. The molecule has 1 N–H and O–H groups in total. The number of benzene rings is 1. The van der Waals surface area contributed by atoms with Crippen LogP contribution in [-0.4, -0.2) is 16.3 Å². The maximum Gasteiger partial charge on any atom is 0.134 e. The number of nitrogens with one attached hydrogen (secondary N) is 1. The molecule has 1 aliphatic heterocycles. The largest absolute Gasteiger partial charge is 0.309 e. The zero-order valence-corrected chi connectivity index (χ0v) is 10.7. The Balaban J connectivity index is 2.09. The second kappa shape index (κ2) is 4.74. The van der Waals surface area contributed by atoms with Crippen LogP contribution >= 0.6 is 0 Å². The van der Waals surface area contributed by atoms with Crippen LogP contribution in [0.25, 0.3) is 11.1 Å². The Morgan fingerprint density at radius 1 is 1.32 bits per heavy atom. The van der Waals surface area contributed by atoms with Gasteiger partial charge in [-0.2, -0.15) is 5.10 Å². The first-order chi connectivity index (χ1) is 9.16. The highest BCUT2D eigenvalue weighted by Crippen LogP contribution is 2.33. The van der Waals surface area contributed by atoms with Crippen molar-refractivity contribution in [2.75, 3.05) is 6.54 Å². The van der Waals surface area contributed by atoms with Crippen LogP contribution in [0.3, 0.4) is 0 Å². The summed E-state index contributed by atoms with van der Waals surface area (Å²) in [6.07, 6.45) is 3.75. The minimum Gasteiger partial charge on any atom is -0.309 e.